The lowest BCUT2D eigenvalue weighted by Crippen LogP contribution is -2.08. The molecule has 0 spiro atoms. The number of carbonyl (C=O) groups excluding carboxylic acids is 1. The van der Waals surface area contributed by atoms with Crippen molar-refractivity contribution < 1.29 is 18.7 Å². The largest absolute Gasteiger partial charge is 0.494 e. The molecule has 0 amide bonds. The second-order valence-electron chi connectivity index (χ2n) is 6.98. The van der Waals surface area contributed by atoms with Crippen molar-refractivity contribution in [3.63, 3.8) is 0 Å². The van der Waals surface area contributed by atoms with Crippen molar-refractivity contribution in [3.8, 4) is 5.75 Å². The Morgan fingerprint density at radius 3 is 2.40 bits per heavy atom. The summed E-state index contributed by atoms with van der Waals surface area (Å²) in [5, 5.41) is 0. The van der Waals surface area contributed by atoms with Crippen LogP contribution in [0.15, 0.2) is 72.8 Å². The van der Waals surface area contributed by atoms with Gasteiger partial charge in [-0.1, -0.05) is 48.5 Å². The molecule has 30 heavy (non-hydrogen) atoms. The summed E-state index contributed by atoms with van der Waals surface area (Å²) < 4.78 is 23.8. The molecule has 4 heteroatoms. The molecular weight excluding hydrogens is 379 g/mol. The van der Waals surface area contributed by atoms with Gasteiger partial charge in [0.1, 0.15) is 11.6 Å². The fourth-order valence-corrected chi connectivity index (χ4v) is 3.38. The quantitative estimate of drug-likeness (QED) is 0.250. The maximum atomic E-state index is 13.0. The molecule has 0 bridgehead atoms. The summed E-state index contributed by atoms with van der Waals surface area (Å²) in [6, 6.07) is 21.7. The third-order valence-corrected chi connectivity index (χ3v) is 4.81. The SMILES string of the molecule is COC(=O)c1cccc(C)c1/C(=C\c1ccccc1)CCCOc1ccc(F)cc1. The van der Waals surface area contributed by atoms with Crippen LogP contribution in [0.3, 0.4) is 0 Å². The van der Waals surface area contributed by atoms with Gasteiger partial charge in [0.05, 0.1) is 19.3 Å². The number of esters is 1. The first-order valence-electron chi connectivity index (χ1n) is 9.91. The van der Waals surface area contributed by atoms with Crippen LogP contribution >= 0.6 is 0 Å². The van der Waals surface area contributed by atoms with Gasteiger partial charge in [-0.05, 0) is 72.4 Å². The van der Waals surface area contributed by atoms with Gasteiger partial charge in [-0.2, -0.15) is 0 Å². The Kier molecular flexibility index (Phi) is 7.39. The van der Waals surface area contributed by atoms with E-state index in [4.69, 9.17) is 9.47 Å². The van der Waals surface area contributed by atoms with E-state index in [0.717, 1.165) is 28.7 Å². The molecule has 3 nitrogen and oxygen atoms in total. The summed E-state index contributed by atoms with van der Waals surface area (Å²) in [7, 11) is 1.39. The summed E-state index contributed by atoms with van der Waals surface area (Å²) in [4.78, 5) is 12.4. The Hall–Kier alpha value is -3.40. The van der Waals surface area contributed by atoms with Gasteiger partial charge in [-0.15, -0.1) is 0 Å². The molecule has 0 aliphatic heterocycles. The Morgan fingerprint density at radius 1 is 0.967 bits per heavy atom. The molecule has 0 N–H and O–H groups in total. The number of methoxy groups -OCH3 is 1. The lowest BCUT2D eigenvalue weighted by molar-refractivity contribution is 0.0600. The first-order chi connectivity index (χ1) is 14.6. The average Bonchev–Trinajstić information content (AvgIpc) is 2.77. The monoisotopic (exact) mass is 404 g/mol. The average molecular weight is 404 g/mol. The number of halogens is 1. The fourth-order valence-electron chi connectivity index (χ4n) is 3.38. The lowest BCUT2D eigenvalue weighted by atomic mass is 9.90. The molecule has 3 rings (SSSR count). The van der Waals surface area contributed by atoms with Crippen LogP contribution in [-0.4, -0.2) is 19.7 Å². The van der Waals surface area contributed by atoms with Crippen LogP contribution in [0.25, 0.3) is 11.6 Å². The van der Waals surface area contributed by atoms with Crippen LogP contribution in [0.5, 0.6) is 5.75 Å². The Morgan fingerprint density at radius 2 is 1.70 bits per heavy atom. The van der Waals surface area contributed by atoms with Gasteiger partial charge in [0.2, 0.25) is 0 Å². The van der Waals surface area contributed by atoms with Crippen LogP contribution < -0.4 is 4.74 Å². The predicted molar refractivity (Wildman–Crippen MR) is 118 cm³/mol. The maximum absolute atomic E-state index is 13.0. The lowest BCUT2D eigenvalue weighted by Gasteiger charge is -2.16. The predicted octanol–water partition coefficient (Wildman–Crippen LogP) is 6.32. The molecule has 0 aliphatic carbocycles. The molecule has 0 radical (unpaired) electrons. The van der Waals surface area contributed by atoms with E-state index in [0.29, 0.717) is 24.3 Å². The second-order valence-corrected chi connectivity index (χ2v) is 6.98. The summed E-state index contributed by atoms with van der Waals surface area (Å²) in [5.41, 5.74) is 4.57. The molecule has 0 heterocycles. The number of allylic oxidation sites excluding steroid dienone is 1. The topological polar surface area (TPSA) is 35.5 Å². The van der Waals surface area contributed by atoms with Crippen LogP contribution in [-0.2, 0) is 4.74 Å². The van der Waals surface area contributed by atoms with Gasteiger partial charge in [0, 0.05) is 0 Å². The van der Waals surface area contributed by atoms with E-state index in [1.165, 1.54) is 19.2 Å². The zero-order valence-corrected chi connectivity index (χ0v) is 17.2. The van der Waals surface area contributed by atoms with Crippen molar-refractivity contribution in [2.24, 2.45) is 0 Å². The Labute approximate surface area is 176 Å². The summed E-state index contributed by atoms with van der Waals surface area (Å²) in [6.45, 7) is 2.48. The molecule has 3 aromatic rings. The third-order valence-electron chi connectivity index (χ3n) is 4.81. The number of benzene rings is 3. The minimum Gasteiger partial charge on any atom is -0.494 e. The standard InChI is InChI=1S/C26H25FO3/c1-19-8-6-12-24(26(28)29-2)25(19)21(18-20-9-4-3-5-10-20)11-7-17-30-23-15-13-22(27)14-16-23/h3-6,8-10,12-16,18H,7,11,17H2,1-2H3/b21-18-. The van der Waals surface area contributed by atoms with Gasteiger partial charge < -0.3 is 9.47 Å². The number of aryl methyl sites for hydroxylation is 1. The van der Waals surface area contributed by atoms with Crippen LogP contribution in [0.4, 0.5) is 4.39 Å². The van der Waals surface area contributed by atoms with Crippen molar-refractivity contribution in [3.05, 3.63) is 101 Å². The molecule has 154 valence electrons. The van der Waals surface area contributed by atoms with Gasteiger partial charge >= 0.3 is 5.97 Å². The van der Waals surface area contributed by atoms with Crippen molar-refractivity contribution in [1.29, 1.82) is 0 Å². The summed E-state index contributed by atoms with van der Waals surface area (Å²) in [5.74, 6) is -0.00308. The van der Waals surface area contributed by atoms with E-state index in [9.17, 15) is 9.18 Å². The number of carbonyl (C=O) groups is 1. The van der Waals surface area contributed by atoms with Crippen LogP contribution in [0, 0.1) is 12.7 Å². The third kappa shape index (κ3) is 5.57. The molecule has 0 aliphatic rings. The normalized spacial score (nSPS) is 11.2. The summed E-state index contributed by atoms with van der Waals surface area (Å²) >= 11 is 0. The smallest absolute Gasteiger partial charge is 0.338 e. The fraction of sp³-hybridized carbons (Fsp3) is 0.192. The first-order valence-corrected chi connectivity index (χ1v) is 9.91. The van der Waals surface area contributed by atoms with E-state index >= 15 is 0 Å². The highest BCUT2D eigenvalue weighted by atomic mass is 19.1. The van der Waals surface area contributed by atoms with Gasteiger partial charge in [-0.3, -0.25) is 0 Å². The molecule has 0 saturated heterocycles. The van der Waals surface area contributed by atoms with Crippen molar-refractivity contribution >= 4 is 17.6 Å². The van der Waals surface area contributed by atoms with Crippen LogP contribution in [0.1, 0.15) is 39.9 Å². The van der Waals surface area contributed by atoms with Crippen molar-refractivity contribution in [1.82, 2.24) is 0 Å². The molecule has 0 atom stereocenters. The minimum atomic E-state index is -0.352. The van der Waals surface area contributed by atoms with Crippen LogP contribution in [0.2, 0.25) is 0 Å². The molecule has 0 fully saturated rings. The summed E-state index contributed by atoms with van der Waals surface area (Å²) in [6.07, 6.45) is 3.56. The second kappa shape index (κ2) is 10.4. The van der Waals surface area contributed by atoms with E-state index in [2.05, 4.69) is 6.08 Å². The Balaban J connectivity index is 1.84. The zero-order chi connectivity index (χ0) is 21.3. The number of hydrogen-bond acceptors (Lipinski definition) is 3. The van der Waals surface area contributed by atoms with Gasteiger partial charge in [-0.25, -0.2) is 9.18 Å². The number of ether oxygens (including phenoxy) is 2. The van der Waals surface area contributed by atoms with E-state index in [1.54, 1.807) is 18.2 Å². The Bertz CT molecular complexity index is 1010. The molecule has 0 saturated carbocycles. The molecular formula is C26H25FO3. The van der Waals surface area contributed by atoms with Crippen molar-refractivity contribution in [2.45, 2.75) is 19.8 Å². The van der Waals surface area contributed by atoms with E-state index < -0.39 is 0 Å². The number of hydrogen-bond donors (Lipinski definition) is 0. The van der Waals surface area contributed by atoms with Gasteiger partial charge in [0.25, 0.3) is 0 Å². The molecule has 0 unspecified atom stereocenters. The first kappa shape index (κ1) is 21.3. The maximum Gasteiger partial charge on any atom is 0.338 e. The van der Waals surface area contributed by atoms with Crippen molar-refractivity contribution in [2.75, 3.05) is 13.7 Å². The highest BCUT2D eigenvalue weighted by Crippen LogP contribution is 2.30. The van der Waals surface area contributed by atoms with E-state index in [1.807, 2.05) is 49.4 Å². The van der Waals surface area contributed by atoms with Gasteiger partial charge in [0.15, 0.2) is 0 Å². The number of rotatable bonds is 8. The zero-order valence-electron chi connectivity index (χ0n) is 17.2. The van der Waals surface area contributed by atoms with E-state index in [-0.39, 0.29) is 11.8 Å². The molecule has 3 aromatic carbocycles. The highest BCUT2D eigenvalue weighted by molar-refractivity contribution is 5.98. The minimum absolute atomic E-state index is 0.287. The highest BCUT2D eigenvalue weighted by Gasteiger charge is 2.17. The molecule has 0 aromatic heterocycles.